The number of nitrogens with one attached hydrogen (secondary N) is 1. The second-order valence-corrected chi connectivity index (χ2v) is 6.14. The number of halogens is 2. The molecule has 0 radical (unpaired) electrons. The molecule has 0 unspecified atom stereocenters. The first kappa shape index (κ1) is 14.5. The average Bonchev–Trinajstić information content (AvgIpc) is 2.33. The highest BCUT2D eigenvalue weighted by Crippen LogP contribution is 2.24. The first-order valence-corrected chi connectivity index (χ1v) is 7.36. The van der Waals surface area contributed by atoms with Crippen molar-refractivity contribution in [3.8, 4) is 0 Å². The monoisotopic (exact) mass is 315 g/mol. The van der Waals surface area contributed by atoms with Gasteiger partial charge in [-0.25, -0.2) is 17.8 Å². The van der Waals surface area contributed by atoms with Gasteiger partial charge in [-0.1, -0.05) is 11.6 Å². The molecule has 0 saturated carbocycles. The summed E-state index contributed by atoms with van der Waals surface area (Å²) in [6, 6.07) is 5.04. The second-order valence-electron chi connectivity index (χ2n) is 4.10. The van der Waals surface area contributed by atoms with Crippen LogP contribution < -0.4 is 10.5 Å². The third-order valence-corrected chi connectivity index (χ3v) is 4.30. The first-order chi connectivity index (χ1) is 9.29. The summed E-state index contributed by atoms with van der Waals surface area (Å²) in [7, 11) is -3.96. The lowest BCUT2D eigenvalue weighted by molar-refractivity contribution is 0.591. The zero-order valence-electron chi connectivity index (χ0n) is 10.4. The molecule has 0 fully saturated rings. The second kappa shape index (κ2) is 5.26. The third-order valence-electron chi connectivity index (χ3n) is 2.59. The Morgan fingerprint density at radius 3 is 2.70 bits per heavy atom. The molecule has 1 heterocycles. The van der Waals surface area contributed by atoms with Gasteiger partial charge >= 0.3 is 0 Å². The molecule has 2 aromatic rings. The Hall–Kier alpha value is -1.86. The molecule has 0 aliphatic rings. The highest BCUT2D eigenvalue weighted by Gasteiger charge is 2.20. The Kier molecular flexibility index (Phi) is 3.82. The van der Waals surface area contributed by atoms with Crippen molar-refractivity contribution in [1.29, 1.82) is 0 Å². The summed E-state index contributed by atoms with van der Waals surface area (Å²) < 4.78 is 40.3. The number of nitrogens with zero attached hydrogens (tertiary/aromatic N) is 1. The van der Waals surface area contributed by atoms with Crippen molar-refractivity contribution in [3.63, 3.8) is 0 Å². The van der Waals surface area contributed by atoms with Crippen LogP contribution in [0.1, 0.15) is 5.56 Å². The molecule has 5 nitrogen and oxygen atoms in total. The Labute approximate surface area is 120 Å². The SMILES string of the molecule is Cc1c(F)cc(N)cc1S(=O)(=O)Nc1ccnc(Cl)c1. The van der Waals surface area contributed by atoms with E-state index in [9.17, 15) is 12.8 Å². The molecule has 0 aliphatic carbocycles. The first-order valence-electron chi connectivity index (χ1n) is 5.49. The van der Waals surface area contributed by atoms with Gasteiger partial charge in [0.15, 0.2) is 0 Å². The van der Waals surface area contributed by atoms with Gasteiger partial charge in [0, 0.05) is 17.4 Å². The summed E-state index contributed by atoms with van der Waals surface area (Å²) in [5.41, 5.74) is 5.73. The van der Waals surface area contributed by atoms with Crippen molar-refractivity contribution in [3.05, 3.63) is 47.0 Å². The molecule has 0 atom stereocenters. The maximum Gasteiger partial charge on any atom is 0.262 e. The zero-order valence-corrected chi connectivity index (χ0v) is 12.0. The zero-order chi connectivity index (χ0) is 14.9. The van der Waals surface area contributed by atoms with Crippen molar-refractivity contribution in [2.24, 2.45) is 0 Å². The van der Waals surface area contributed by atoms with Crippen LogP contribution in [-0.2, 0) is 10.0 Å². The Morgan fingerprint density at radius 2 is 2.05 bits per heavy atom. The third kappa shape index (κ3) is 3.00. The van der Waals surface area contributed by atoms with Crippen LogP contribution in [0.2, 0.25) is 5.15 Å². The summed E-state index contributed by atoms with van der Waals surface area (Å²) in [6.07, 6.45) is 1.35. The fourth-order valence-corrected chi connectivity index (χ4v) is 3.14. The molecule has 0 bridgehead atoms. The van der Waals surface area contributed by atoms with Gasteiger partial charge in [-0.15, -0.1) is 0 Å². The molecule has 0 saturated heterocycles. The summed E-state index contributed by atoms with van der Waals surface area (Å²) in [4.78, 5) is 3.52. The van der Waals surface area contributed by atoms with E-state index in [1.54, 1.807) is 0 Å². The molecule has 20 heavy (non-hydrogen) atoms. The summed E-state index contributed by atoms with van der Waals surface area (Å²) in [5.74, 6) is -0.682. The van der Waals surface area contributed by atoms with Crippen LogP contribution in [0.25, 0.3) is 0 Å². The van der Waals surface area contributed by atoms with Crippen molar-refractivity contribution in [2.75, 3.05) is 10.5 Å². The number of hydrogen-bond donors (Lipinski definition) is 2. The lowest BCUT2D eigenvalue weighted by atomic mass is 10.2. The van der Waals surface area contributed by atoms with Gasteiger partial charge in [-0.3, -0.25) is 4.72 Å². The molecular weight excluding hydrogens is 305 g/mol. The predicted molar refractivity (Wildman–Crippen MR) is 75.6 cm³/mol. The van der Waals surface area contributed by atoms with E-state index in [1.165, 1.54) is 31.3 Å². The Morgan fingerprint density at radius 1 is 1.35 bits per heavy atom. The standard InChI is InChI=1S/C12H11ClFN3O2S/c1-7-10(14)4-8(15)5-11(7)20(18,19)17-9-2-3-16-12(13)6-9/h2-6H,15H2,1H3,(H,16,17). The van der Waals surface area contributed by atoms with Crippen LogP contribution in [0, 0.1) is 12.7 Å². The molecule has 1 aromatic carbocycles. The minimum atomic E-state index is -3.96. The molecule has 0 aliphatic heterocycles. The minimum Gasteiger partial charge on any atom is -0.399 e. The molecule has 106 valence electrons. The quantitative estimate of drug-likeness (QED) is 0.673. The molecule has 3 N–H and O–H groups in total. The van der Waals surface area contributed by atoms with Crippen molar-refractivity contribution < 1.29 is 12.8 Å². The van der Waals surface area contributed by atoms with E-state index in [0.29, 0.717) is 0 Å². The van der Waals surface area contributed by atoms with Gasteiger partial charge in [-0.2, -0.15) is 0 Å². The molecular formula is C12H11ClFN3O2S. The summed E-state index contributed by atoms with van der Waals surface area (Å²) >= 11 is 5.68. The molecule has 0 amide bonds. The van der Waals surface area contributed by atoms with Crippen LogP contribution in [0.4, 0.5) is 15.8 Å². The fourth-order valence-electron chi connectivity index (χ4n) is 1.63. The van der Waals surface area contributed by atoms with Crippen molar-refractivity contribution in [1.82, 2.24) is 4.98 Å². The number of benzene rings is 1. The highest BCUT2D eigenvalue weighted by molar-refractivity contribution is 7.92. The van der Waals surface area contributed by atoms with E-state index in [1.807, 2.05) is 0 Å². The number of hydrogen-bond acceptors (Lipinski definition) is 4. The van der Waals surface area contributed by atoms with Crippen LogP contribution in [-0.4, -0.2) is 13.4 Å². The topological polar surface area (TPSA) is 85.1 Å². The van der Waals surface area contributed by atoms with Crippen LogP contribution >= 0.6 is 11.6 Å². The smallest absolute Gasteiger partial charge is 0.262 e. The number of pyridine rings is 1. The van der Waals surface area contributed by atoms with E-state index in [-0.39, 0.29) is 27.0 Å². The maximum absolute atomic E-state index is 13.6. The number of anilines is 2. The fraction of sp³-hybridized carbons (Fsp3) is 0.0833. The Balaban J connectivity index is 2.46. The van der Waals surface area contributed by atoms with Crippen molar-refractivity contribution in [2.45, 2.75) is 11.8 Å². The summed E-state index contributed by atoms with van der Waals surface area (Å²) in [6.45, 7) is 1.36. The maximum atomic E-state index is 13.6. The molecule has 2 rings (SSSR count). The van der Waals surface area contributed by atoms with Gasteiger partial charge in [0.2, 0.25) is 0 Å². The largest absolute Gasteiger partial charge is 0.399 e. The van der Waals surface area contributed by atoms with E-state index >= 15 is 0 Å². The van der Waals surface area contributed by atoms with Crippen LogP contribution in [0.15, 0.2) is 35.4 Å². The van der Waals surface area contributed by atoms with Crippen molar-refractivity contribution >= 4 is 33.0 Å². The number of nitrogen functional groups attached to an aromatic ring is 1. The van der Waals surface area contributed by atoms with Crippen LogP contribution in [0.3, 0.4) is 0 Å². The number of nitrogens with two attached hydrogens (primary N) is 1. The Bertz CT molecular complexity index is 765. The molecule has 8 heteroatoms. The summed E-state index contributed by atoms with van der Waals surface area (Å²) in [5, 5.41) is 0.140. The van der Waals surface area contributed by atoms with Gasteiger partial charge in [0.25, 0.3) is 10.0 Å². The minimum absolute atomic E-state index is 0.00754. The lowest BCUT2D eigenvalue weighted by Crippen LogP contribution is -2.15. The van der Waals surface area contributed by atoms with Gasteiger partial charge in [0.1, 0.15) is 11.0 Å². The van der Waals surface area contributed by atoms with E-state index in [0.717, 1.165) is 6.07 Å². The van der Waals surface area contributed by atoms with Gasteiger partial charge < -0.3 is 5.73 Å². The molecule has 1 aromatic heterocycles. The number of rotatable bonds is 3. The highest BCUT2D eigenvalue weighted by atomic mass is 35.5. The number of sulfonamides is 1. The van der Waals surface area contributed by atoms with E-state index < -0.39 is 15.8 Å². The van der Waals surface area contributed by atoms with E-state index in [2.05, 4.69) is 9.71 Å². The number of aromatic nitrogens is 1. The van der Waals surface area contributed by atoms with Gasteiger partial charge in [-0.05, 0) is 31.2 Å². The average molecular weight is 316 g/mol. The lowest BCUT2D eigenvalue weighted by Gasteiger charge is -2.11. The van der Waals surface area contributed by atoms with E-state index in [4.69, 9.17) is 17.3 Å². The normalized spacial score (nSPS) is 11.3. The predicted octanol–water partition coefficient (Wildman–Crippen LogP) is 2.57. The van der Waals surface area contributed by atoms with Gasteiger partial charge in [0.05, 0.1) is 10.6 Å². The molecule has 0 spiro atoms. The van der Waals surface area contributed by atoms with Crippen LogP contribution in [0.5, 0.6) is 0 Å².